The van der Waals surface area contributed by atoms with E-state index in [4.69, 9.17) is 11.6 Å². The van der Waals surface area contributed by atoms with Crippen molar-refractivity contribution in [1.82, 2.24) is 9.97 Å². The lowest BCUT2D eigenvalue weighted by atomic mass is 9.82. The predicted molar refractivity (Wildman–Crippen MR) is 70.1 cm³/mol. The first-order valence-electron chi connectivity index (χ1n) is 5.34. The molecule has 0 N–H and O–H groups in total. The Morgan fingerprint density at radius 3 is 2.60 bits per heavy atom. The minimum atomic E-state index is 0.524. The molecule has 0 aromatic carbocycles. The summed E-state index contributed by atoms with van der Waals surface area (Å²) in [6, 6.07) is 0. The molecule has 82 valence electrons. The van der Waals surface area contributed by atoms with Gasteiger partial charge >= 0.3 is 0 Å². The molecule has 0 aliphatic heterocycles. The Balaban J connectivity index is 2.12. The van der Waals surface area contributed by atoms with Gasteiger partial charge < -0.3 is 0 Å². The monoisotopic (exact) mass is 336 g/mol. The summed E-state index contributed by atoms with van der Waals surface area (Å²) in [5.74, 6) is 2.32. The van der Waals surface area contributed by atoms with Gasteiger partial charge in [0.05, 0.1) is 3.57 Å². The zero-order valence-corrected chi connectivity index (χ0v) is 11.6. The predicted octanol–water partition coefficient (Wildman–Crippen LogP) is 4.03. The maximum absolute atomic E-state index is 6.00. The van der Waals surface area contributed by atoms with Crippen molar-refractivity contribution < 1.29 is 0 Å². The summed E-state index contributed by atoms with van der Waals surface area (Å²) in [5, 5.41) is 0.597. The lowest BCUT2D eigenvalue weighted by Gasteiger charge is -2.24. The maximum Gasteiger partial charge on any atom is 0.146 e. The van der Waals surface area contributed by atoms with Gasteiger partial charge in [0, 0.05) is 12.1 Å². The van der Waals surface area contributed by atoms with Gasteiger partial charge in [-0.15, -0.1) is 0 Å². The Hall–Kier alpha value is 0.1000. The highest BCUT2D eigenvalue weighted by molar-refractivity contribution is 14.1. The van der Waals surface area contributed by atoms with E-state index in [2.05, 4.69) is 39.5 Å². The molecule has 2 rings (SSSR count). The summed E-state index contributed by atoms with van der Waals surface area (Å²) in [6.45, 7) is 2.32. The summed E-state index contributed by atoms with van der Waals surface area (Å²) < 4.78 is 0.933. The first-order chi connectivity index (χ1) is 7.16. The van der Waals surface area contributed by atoms with Crippen LogP contribution < -0.4 is 0 Å². The van der Waals surface area contributed by atoms with Crippen LogP contribution in [0.1, 0.15) is 44.3 Å². The minimum absolute atomic E-state index is 0.524. The van der Waals surface area contributed by atoms with Crippen molar-refractivity contribution in [2.24, 2.45) is 5.92 Å². The summed E-state index contributed by atoms with van der Waals surface area (Å²) in [7, 11) is 0. The Bertz CT molecular complexity index is 348. The standard InChI is InChI=1S/C11H14ClIN2/c1-7-2-4-8(5-3-7)11-14-6-9(13)10(12)15-11/h6-8H,2-5H2,1H3. The molecule has 0 atom stereocenters. The summed E-state index contributed by atoms with van der Waals surface area (Å²) in [6.07, 6.45) is 6.81. The molecule has 1 aliphatic rings. The van der Waals surface area contributed by atoms with Crippen molar-refractivity contribution in [3.05, 3.63) is 20.7 Å². The van der Waals surface area contributed by atoms with E-state index in [-0.39, 0.29) is 0 Å². The number of hydrogen-bond acceptors (Lipinski definition) is 2. The third-order valence-electron chi connectivity index (χ3n) is 3.10. The molecule has 1 fully saturated rings. The second-order valence-electron chi connectivity index (χ2n) is 4.32. The molecular formula is C11H14ClIN2. The van der Waals surface area contributed by atoms with Crippen LogP contribution in [0.25, 0.3) is 0 Å². The van der Waals surface area contributed by atoms with Gasteiger partial charge in [0.25, 0.3) is 0 Å². The minimum Gasteiger partial charge on any atom is -0.240 e. The van der Waals surface area contributed by atoms with Crippen molar-refractivity contribution in [1.29, 1.82) is 0 Å². The first kappa shape index (κ1) is 11.6. The first-order valence-corrected chi connectivity index (χ1v) is 6.80. The third kappa shape index (κ3) is 2.81. The van der Waals surface area contributed by atoms with E-state index in [0.717, 1.165) is 15.3 Å². The van der Waals surface area contributed by atoms with Crippen LogP contribution >= 0.6 is 34.2 Å². The van der Waals surface area contributed by atoms with Gasteiger partial charge in [-0.3, -0.25) is 0 Å². The average molecular weight is 337 g/mol. The van der Waals surface area contributed by atoms with Crippen LogP contribution in [0.5, 0.6) is 0 Å². The molecule has 0 radical (unpaired) electrons. The van der Waals surface area contributed by atoms with E-state index >= 15 is 0 Å². The van der Waals surface area contributed by atoms with Gasteiger partial charge in [-0.2, -0.15) is 0 Å². The quantitative estimate of drug-likeness (QED) is 0.571. The zero-order chi connectivity index (χ0) is 10.8. The summed E-state index contributed by atoms with van der Waals surface area (Å²) >= 11 is 8.16. The number of rotatable bonds is 1. The number of aromatic nitrogens is 2. The molecule has 0 amide bonds. The van der Waals surface area contributed by atoms with Gasteiger partial charge in [0.2, 0.25) is 0 Å². The lowest BCUT2D eigenvalue weighted by molar-refractivity contribution is 0.339. The van der Waals surface area contributed by atoms with Crippen molar-refractivity contribution in [2.45, 2.75) is 38.5 Å². The van der Waals surface area contributed by atoms with E-state index in [9.17, 15) is 0 Å². The number of hydrogen-bond donors (Lipinski definition) is 0. The van der Waals surface area contributed by atoms with Gasteiger partial charge in [0.15, 0.2) is 0 Å². The van der Waals surface area contributed by atoms with E-state index < -0.39 is 0 Å². The van der Waals surface area contributed by atoms with E-state index in [1.54, 1.807) is 0 Å². The van der Waals surface area contributed by atoms with Gasteiger partial charge in [-0.1, -0.05) is 31.4 Å². The topological polar surface area (TPSA) is 25.8 Å². The molecule has 4 heteroatoms. The Morgan fingerprint density at radius 1 is 1.33 bits per heavy atom. The Kier molecular flexibility index (Phi) is 3.83. The molecule has 1 saturated carbocycles. The Labute approximate surface area is 109 Å². The van der Waals surface area contributed by atoms with Crippen LogP contribution in [0, 0.1) is 9.49 Å². The van der Waals surface area contributed by atoms with E-state index in [1.807, 2.05) is 6.20 Å². The van der Waals surface area contributed by atoms with Gasteiger partial charge in [-0.05, 0) is 41.4 Å². The third-order valence-corrected chi connectivity index (χ3v) is 4.50. The molecule has 1 heterocycles. The lowest BCUT2D eigenvalue weighted by Crippen LogP contribution is -2.13. The van der Waals surface area contributed by atoms with E-state index in [1.165, 1.54) is 25.7 Å². The SMILES string of the molecule is CC1CCC(c2ncc(I)c(Cl)n2)CC1. The fourth-order valence-electron chi connectivity index (χ4n) is 2.07. The van der Waals surface area contributed by atoms with Crippen LogP contribution in [-0.2, 0) is 0 Å². The highest BCUT2D eigenvalue weighted by Gasteiger charge is 2.22. The fraction of sp³-hybridized carbons (Fsp3) is 0.636. The van der Waals surface area contributed by atoms with Crippen LogP contribution in [0.2, 0.25) is 5.15 Å². The summed E-state index contributed by atoms with van der Waals surface area (Å²) in [5.41, 5.74) is 0. The molecule has 0 bridgehead atoms. The maximum atomic E-state index is 6.00. The molecule has 1 aromatic heterocycles. The molecule has 0 unspecified atom stereocenters. The van der Waals surface area contributed by atoms with E-state index in [0.29, 0.717) is 11.1 Å². The van der Waals surface area contributed by atoms with Crippen LogP contribution in [0.15, 0.2) is 6.20 Å². The highest BCUT2D eigenvalue weighted by Crippen LogP contribution is 2.34. The smallest absolute Gasteiger partial charge is 0.146 e. The molecule has 2 nitrogen and oxygen atoms in total. The Morgan fingerprint density at radius 2 is 2.00 bits per heavy atom. The highest BCUT2D eigenvalue weighted by atomic mass is 127. The van der Waals surface area contributed by atoms with Crippen molar-refractivity contribution >= 4 is 34.2 Å². The second-order valence-corrected chi connectivity index (χ2v) is 5.84. The number of halogens is 2. The van der Waals surface area contributed by atoms with Crippen molar-refractivity contribution in [3.63, 3.8) is 0 Å². The average Bonchev–Trinajstić information content (AvgIpc) is 2.23. The molecule has 1 aromatic rings. The molecule has 1 aliphatic carbocycles. The van der Waals surface area contributed by atoms with Gasteiger partial charge in [-0.25, -0.2) is 9.97 Å². The molecule has 0 saturated heterocycles. The molecular weight excluding hydrogens is 322 g/mol. The van der Waals surface area contributed by atoms with Crippen molar-refractivity contribution in [2.75, 3.05) is 0 Å². The van der Waals surface area contributed by atoms with Crippen molar-refractivity contribution in [3.8, 4) is 0 Å². The number of nitrogens with zero attached hydrogens (tertiary/aromatic N) is 2. The molecule has 15 heavy (non-hydrogen) atoms. The molecule has 0 spiro atoms. The normalized spacial score (nSPS) is 26.6. The van der Waals surface area contributed by atoms with Crippen LogP contribution in [0.4, 0.5) is 0 Å². The zero-order valence-electron chi connectivity index (χ0n) is 8.71. The summed E-state index contributed by atoms with van der Waals surface area (Å²) in [4.78, 5) is 8.75. The largest absolute Gasteiger partial charge is 0.240 e. The van der Waals surface area contributed by atoms with Gasteiger partial charge in [0.1, 0.15) is 11.0 Å². The fourth-order valence-corrected chi connectivity index (χ4v) is 2.47. The second kappa shape index (κ2) is 4.95. The van der Waals surface area contributed by atoms with Crippen LogP contribution in [-0.4, -0.2) is 9.97 Å². The van der Waals surface area contributed by atoms with Crippen LogP contribution in [0.3, 0.4) is 0 Å².